The second-order valence-corrected chi connectivity index (χ2v) is 14.7. The van der Waals surface area contributed by atoms with Gasteiger partial charge in [0, 0.05) is 43.3 Å². The molecule has 5 rings (SSSR count). The first-order valence-electron chi connectivity index (χ1n) is 18.3. The van der Waals surface area contributed by atoms with Gasteiger partial charge >= 0.3 is 6.09 Å². The van der Waals surface area contributed by atoms with Gasteiger partial charge in [-0.3, -0.25) is 4.90 Å². The maximum Gasteiger partial charge on any atom is 0.407 e. The van der Waals surface area contributed by atoms with Crippen molar-refractivity contribution in [2.75, 3.05) is 52.5 Å². The van der Waals surface area contributed by atoms with Crippen molar-refractivity contribution in [3.63, 3.8) is 0 Å². The fourth-order valence-corrected chi connectivity index (χ4v) is 6.89. The number of amides is 1. The molecule has 3 aliphatic heterocycles. The third kappa shape index (κ3) is 11.9. The first-order valence-corrected chi connectivity index (χ1v) is 18.3. The Kier molecular flexibility index (Phi) is 14.6. The largest absolute Gasteiger partial charge is 0.444 e. The number of rotatable bonds is 14. The van der Waals surface area contributed by atoms with Crippen molar-refractivity contribution in [1.29, 1.82) is 0 Å². The average Bonchev–Trinajstić information content (AvgIpc) is 3.14. The first kappa shape index (κ1) is 39.5. The van der Waals surface area contributed by atoms with Crippen molar-refractivity contribution in [3.8, 4) is 0 Å². The summed E-state index contributed by atoms with van der Waals surface area (Å²) >= 11 is 0. The molecule has 0 saturated carbocycles. The standard InChI is InChI=1S/C38H57N3O10/c1-38(2,3)51-37(46)39-18-21-40-19-14-28(15-20-40)41(24-29(42)33(44)31-16-22-47-35(49-31)26-10-6-4-7-11-26)25-30(43)34(45)32-17-23-48-36(50-32)27-12-8-5-9-13-27/h4-13,28-36,42-45H,14-25H2,1-3H3,(H,39,46)/t29-,30-,31+,32+,33+,34+,35?,36?/m0/s1. The number of likely N-dealkylation sites (tertiary alicyclic amines) is 1. The summed E-state index contributed by atoms with van der Waals surface area (Å²) in [5.74, 6) is 0. The maximum atomic E-state index is 12.1. The molecule has 2 unspecified atom stereocenters. The van der Waals surface area contributed by atoms with Gasteiger partial charge in [-0.05, 0) is 59.5 Å². The van der Waals surface area contributed by atoms with E-state index in [1.54, 1.807) is 0 Å². The van der Waals surface area contributed by atoms with Crippen molar-refractivity contribution in [1.82, 2.24) is 15.1 Å². The number of alkyl carbamates (subject to hydrolysis) is 1. The molecule has 3 fully saturated rings. The summed E-state index contributed by atoms with van der Waals surface area (Å²) in [6.07, 6.45) is -5.52. The van der Waals surface area contributed by atoms with E-state index < -0.39 is 60.9 Å². The second kappa shape index (κ2) is 18.9. The average molecular weight is 716 g/mol. The molecule has 51 heavy (non-hydrogen) atoms. The van der Waals surface area contributed by atoms with E-state index >= 15 is 0 Å². The first-order chi connectivity index (χ1) is 24.5. The molecule has 0 bridgehead atoms. The lowest BCUT2D eigenvalue weighted by atomic mass is 9.97. The Hall–Kier alpha value is -2.69. The van der Waals surface area contributed by atoms with E-state index in [0.29, 0.717) is 39.1 Å². The van der Waals surface area contributed by atoms with Crippen LogP contribution in [0.5, 0.6) is 0 Å². The quantitative estimate of drug-likeness (QED) is 0.195. The van der Waals surface area contributed by atoms with E-state index in [2.05, 4.69) is 10.2 Å². The molecule has 2 aromatic rings. The molecule has 284 valence electrons. The van der Waals surface area contributed by atoms with Gasteiger partial charge in [0.15, 0.2) is 12.6 Å². The molecule has 0 aromatic heterocycles. The van der Waals surface area contributed by atoms with E-state index in [4.69, 9.17) is 23.7 Å². The van der Waals surface area contributed by atoms with Crippen LogP contribution in [-0.2, 0) is 23.7 Å². The molecule has 13 heteroatoms. The highest BCUT2D eigenvalue weighted by atomic mass is 16.7. The van der Waals surface area contributed by atoms with Gasteiger partial charge in [0.2, 0.25) is 0 Å². The zero-order valence-corrected chi connectivity index (χ0v) is 30.1. The van der Waals surface area contributed by atoms with Crippen LogP contribution in [0.25, 0.3) is 0 Å². The highest BCUT2D eigenvalue weighted by Gasteiger charge is 2.39. The Morgan fingerprint density at radius 2 is 1.27 bits per heavy atom. The Morgan fingerprint density at radius 1 is 0.804 bits per heavy atom. The van der Waals surface area contributed by atoms with Crippen molar-refractivity contribution in [2.45, 2.75) is 107 Å². The number of nitrogens with one attached hydrogen (secondary N) is 1. The maximum absolute atomic E-state index is 12.1. The summed E-state index contributed by atoms with van der Waals surface area (Å²) in [5.41, 5.74) is 1.10. The number of carbonyl (C=O) groups is 1. The third-order valence-corrected chi connectivity index (χ3v) is 9.65. The van der Waals surface area contributed by atoms with Crippen molar-refractivity contribution >= 4 is 6.09 Å². The van der Waals surface area contributed by atoms with E-state index in [1.165, 1.54) is 0 Å². The zero-order chi connectivity index (χ0) is 36.4. The van der Waals surface area contributed by atoms with Crippen LogP contribution in [0.3, 0.4) is 0 Å². The van der Waals surface area contributed by atoms with Gasteiger partial charge in [-0.2, -0.15) is 0 Å². The Bertz CT molecular complexity index is 1240. The number of carbonyl (C=O) groups excluding carboxylic acids is 1. The van der Waals surface area contributed by atoms with Crippen LogP contribution in [0, 0.1) is 0 Å². The molecule has 5 N–H and O–H groups in total. The molecule has 1 amide bonds. The summed E-state index contributed by atoms with van der Waals surface area (Å²) in [7, 11) is 0. The molecular weight excluding hydrogens is 658 g/mol. The smallest absolute Gasteiger partial charge is 0.407 e. The molecule has 3 aliphatic rings. The summed E-state index contributed by atoms with van der Waals surface area (Å²) in [5, 5.41) is 48.3. The number of aliphatic hydroxyl groups excluding tert-OH is 4. The minimum Gasteiger partial charge on any atom is -0.444 e. The minimum atomic E-state index is -1.20. The SMILES string of the molecule is CC(C)(C)OC(=O)NCCN1CCC(N(C[C@H](O)[C@@H](O)[C@H]2CCOC(c3ccccc3)O2)C[C@H](O)[C@@H](O)[C@H]2CCOC(c3ccccc3)O2)CC1. The summed E-state index contributed by atoms with van der Waals surface area (Å²) in [4.78, 5) is 16.3. The zero-order valence-electron chi connectivity index (χ0n) is 30.1. The van der Waals surface area contributed by atoms with E-state index in [1.807, 2.05) is 86.3 Å². The molecule has 0 spiro atoms. The van der Waals surface area contributed by atoms with E-state index in [-0.39, 0.29) is 19.1 Å². The lowest BCUT2D eigenvalue weighted by molar-refractivity contribution is -0.249. The van der Waals surface area contributed by atoms with Gasteiger partial charge in [-0.1, -0.05) is 60.7 Å². The molecule has 2 aromatic carbocycles. The Balaban J connectivity index is 1.20. The minimum absolute atomic E-state index is 0.0379. The molecule has 3 heterocycles. The highest BCUT2D eigenvalue weighted by molar-refractivity contribution is 5.67. The molecule has 3 saturated heterocycles. The lowest BCUT2D eigenvalue weighted by Gasteiger charge is -2.42. The Morgan fingerprint density at radius 3 is 1.73 bits per heavy atom. The summed E-state index contributed by atoms with van der Waals surface area (Å²) in [6, 6.07) is 18.9. The number of ether oxygens (including phenoxy) is 5. The molecule has 13 nitrogen and oxygen atoms in total. The van der Waals surface area contributed by atoms with Gasteiger partial charge in [-0.15, -0.1) is 0 Å². The summed E-state index contributed by atoms with van der Waals surface area (Å²) in [6.45, 7) is 8.92. The third-order valence-electron chi connectivity index (χ3n) is 9.65. The van der Waals surface area contributed by atoms with Crippen LogP contribution in [0.15, 0.2) is 60.7 Å². The van der Waals surface area contributed by atoms with Crippen LogP contribution in [0.2, 0.25) is 0 Å². The van der Waals surface area contributed by atoms with Crippen molar-refractivity contribution in [2.24, 2.45) is 0 Å². The fraction of sp³-hybridized carbons (Fsp3) is 0.658. The topological polar surface area (TPSA) is 163 Å². The molecule has 8 atom stereocenters. The van der Waals surface area contributed by atoms with Gasteiger partial charge in [0.1, 0.15) is 17.8 Å². The second-order valence-electron chi connectivity index (χ2n) is 14.7. The number of aliphatic hydroxyl groups is 4. The monoisotopic (exact) mass is 715 g/mol. The van der Waals surface area contributed by atoms with E-state index in [9.17, 15) is 25.2 Å². The predicted octanol–water partition coefficient (Wildman–Crippen LogP) is 2.73. The van der Waals surface area contributed by atoms with Gasteiger partial charge in [-0.25, -0.2) is 4.79 Å². The predicted molar refractivity (Wildman–Crippen MR) is 189 cm³/mol. The van der Waals surface area contributed by atoms with Crippen molar-refractivity contribution in [3.05, 3.63) is 71.8 Å². The van der Waals surface area contributed by atoms with Gasteiger partial charge in [0.05, 0.1) is 37.6 Å². The molecule has 0 radical (unpaired) electrons. The highest BCUT2D eigenvalue weighted by Crippen LogP contribution is 2.31. The number of hydrogen-bond donors (Lipinski definition) is 5. The molecular formula is C38H57N3O10. The number of piperidine rings is 1. The fourth-order valence-electron chi connectivity index (χ4n) is 6.89. The number of nitrogens with zero attached hydrogens (tertiary/aromatic N) is 2. The van der Waals surface area contributed by atoms with Crippen LogP contribution in [-0.4, -0.2) is 137 Å². The van der Waals surface area contributed by atoms with Gasteiger partial charge in [0.25, 0.3) is 0 Å². The van der Waals surface area contributed by atoms with Gasteiger partial charge < -0.3 is 54.3 Å². The van der Waals surface area contributed by atoms with Crippen LogP contribution >= 0.6 is 0 Å². The number of benzene rings is 2. The van der Waals surface area contributed by atoms with Crippen LogP contribution < -0.4 is 5.32 Å². The summed E-state index contributed by atoms with van der Waals surface area (Å²) < 4.78 is 29.2. The van der Waals surface area contributed by atoms with Crippen LogP contribution in [0.4, 0.5) is 4.79 Å². The number of hydrogen-bond acceptors (Lipinski definition) is 12. The Labute approximate surface area is 301 Å². The lowest BCUT2D eigenvalue weighted by Crippen LogP contribution is -2.56. The van der Waals surface area contributed by atoms with E-state index in [0.717, 1.165) is 37.1 Å². The van der Waals surface area contributed by atoms with Crippen LogP contribution in [0.1, 0.15) is 70.2 Å². The molecule has 0 aliphatic carbocycles. The normalized spacial score (nSPS) is 26.3. The van der Waals surface area contributed by atoms with Crippen molar-refractivity contribution < 1.29 is 48.9 Å².